The van der Waals surface area contributed by atoms with Crippen LogP contribution in [0.25, 0.3) is 10.2 Å². The lowest BCUT2D eigenvalue weighted by molar-refractivity contribution is 0.0997. The minimum atomic E-state index is -0.150. The Morgan fingerprint density at radius 1 is 1.12 bits per heavy atom. The summed E-state index contributed by atoms with van der Waals surface area (Å²) in [4.78, 5) is 18.1. The maximum Gasteiger partial charge on any atom is 0.279 e. The van der Waals surface area contributed by atoms with E-state index in [1.807, 2.05) is 31.2 Å². The molecule has 1 amide bonds. The number of fused-ring (bicyclic) bond motifs is 1. The van der Waals surface area contributed by atoms with Gasteiger partial charge in [-0.1, -0.05) is 29.5 Å². The summed E-state index contributed by atoms with van der Waals surface area (Å²) >= 11 is 1.62. The van der Waals surface area contributed by atoms with Gasteiger partial charge in [0.1, 0.15) is 0 Å². The molecular weight excluding hydrogens is 328 g/mol. The van der Waals surface area contributed by atoms with Gasteiger partial charge in [0.05, 0.1) is 10.2 Å². The van der Waals surface area contributed by atoms with E-state index in [1.165, 1.54) is 34.2 Å². The highest BCUT2D eigenvalue weighted by atomic mass is 32.1. The van der Waals surface area contributed by atoms with Crippen LogP contribution in [0.15, 0.2) is 41.4 Å². The van der Waals surface area contributed by atoms with Crippen molar-refractivity contribution in [2.24, 2.45) is 10.9 Å². The lowest BCUT2D eigenvalue weighted by Gasteiger charge is -2.06. The molecule has 4 heteroatoms. The fraction of sp³-hybridized carbons (Fsp3) is 0.333. The fourth-order valence-electron chi connectivity index (χ4n) is 3.10. The van der Waals surface area contributed by atoms with Crippen LogP contribution >= 0.6 is 11.3 Å². The maximum atomic E-state index is 12.7. The minimum Gasteiger partial charge on any atom is -0.316 e. The molecule has 3 nitrogen and oxygen atoms in total. The number of thiazole rings is 1. The number of hydrogen-bond acceptors (Lipinski definition) is 2. The Morgan fingerprint density at radius 2 is 1.84 bits per heavy atom. The molecule has 128 valence electrons. The third-order valence-corrected chi connectivity index (χ3v) is 6.05. The van der Waals surface area contributed by atoms with Gasteiger partial charge in [-0.15, -0.1) is 0 Å². The van der Waals surface area contributed by atoms with E-state index in [1.54, 1.807) is 11.3 Å². The van der Waals surface area contributed by atoms with Gasteiger partial charge in [0.2, 0.25) is 0 Å². The Hall–Kier alpha value is -2.20. The summed E-state index contributed by atoms with van der Waals surface area (Å²) in [6.07, 6.45) is 2.56. The molecule has 0 radical (unpaired) electrons. The molecule has 25 heavy (non-hydrogen) atoms. The average molecular weight is 350 g/mol. The van der Waals surface area contributed by atoms with Crippen molar-refractivity contribution in [2.75, 3.05) is 0 Å². The van der Waals surface area contributed by atoms with Crippen LogP contribution in [-0.4, -0.2) is 10.5 Å². The van der Waals surface area contributed by atoms with E-state index >= 15 is 0 Å². The van der Waals surface area contributed by atoms with E-state index in [4.69, 9.17) is 0 Å². The number of benzene rings is 2. The molecule has 0 unspecified atom stereocenters. The summed E-state index contributed by atoms with van der Waals surface area (Å²) in [5.74, 6) is 0.578. The van der Waals surface area contributed by atoms with E-state index in [-0.39, 0.29) is 5.91 Å². The third kappa shape index (κ3) is 3.19. The Balaban J connectivity index is 1.87. The van der Waals surface area contributed by atoms with Gasteiger partial charge in [0, 0.05) is 12.1 Å². The number of hydrogen-bond donors (Lipinski definition) is 0. The molecule has 0 bridgehead atoms. The van der Waals surface area contributed by atoms with Gasteiger partial charge >= 0.3 is 0 Å². The molecule has 1 saturated carbocycles. The molecule has 2 aromatic carbocycles. The van der Waals surface area contributed by atoms with Gasteiger partial charge in [-0.3, -0.25) is 4.79 Å². The molecule has 0 spiro atoms. The van der Waals surface area contributed by atoms with Crippen molar-refractivity contribution in [3.63, 3.8) is 0 Å². The second-order valence-electron chi connectivity index (χ2n) is 7.07. The quantitative estimate of drug-likeness (QED) is 0.669. The molecule has 1 fully saturated rings. The third-order valence-electron chi connectivity index (χ3n) is 5.01. The Labute approximate surface area is 151 Å². The number of aromatic nitrogens is 1. The standard InChI is InChI=1S/C21H22N2OS/c1-13-6-4-5-7-17(13)20(24)22-21-23(12-16-8-9-16)18-10-14(2)15(3)11-19(18)25-21/h4-7,10-11,16H,8-9,12H2,1-3H3/b22-21-. The topological polar surface area (TPSA) is 34.4 Å². The van der Waals surface area contributed by atoms with Gasteiger partial charge in [-0.2, -0.15) is 4.99 Å². The van der Waals surface area contributed by atoms with Crippen molar-refractivity contribution in [2.45, 2.75) is 40.2 Å². The van der Waals surface area contributed by atoms with Gasteiger partial charge in [0.15, 0.2) is 4.80 Å². The van der Waals surface area contributed by atoms with E-state index in [2.05, 4.69) is 35.5 Å². The SMILES string of the molecule is Cc1cc2s/c(=N\C(=O)c3ccccc3C)n(CC3CC3)c2cc1C. The summed E-state index contributed by atoms with van der Waals surface area (Å²) in [5, 5.41) is 0. The monoisotopic (exact) mass is 350 g/mol. The largest absolute Gasteiger partial charge is 0.316 e. The van der Waals surface area contributed by atoms with Crippen molar-refractivity contribution in [3.05, 3.63) is 63.5 Å². The first kappa shape index (κ1) is 16.3. The minimum absolute atomic E-state index is 0.150. The molecular formula is C21H22N2OS. The first-order valence-electron chi connectivity index (χ1n) is 8.78. The van der Waals surface area contributed by atoms with Gasteiger partial charge in [-0.25, -0.2) is 0 Å². The van der Waals surface area contributed by atoms with Gasteiger partial charge < -0.3 is 4.57 Å². The van der Waals surface area contributed by atoms with Crippen LogP contribution in [-0.2, 0) is 6.54 Å². The van der Waals surface area contributed by atoms with Crippen molar-refractivity contribution >= 4 is 27.5 Å². The van der Waals surface area contributed by atoms with Crippen molar-refractivity contribution in [3.8, 4) is 0 Å². The summed E-state index contributed by atoms with van der Waals surface area (Å²) in [7, 11) is 0. The molecule has 1 aromatic heterocycles. The lowest BCUT2D eigenvalue weighted by atomic mass is 10.1. The molecule has 0 aliphatic heterocycles. The highest BCUT2D eigenvalue weighted by Gasteiger charge is 2.23. The second-order valence-corrected chi connectivity index (χ2v) is 8.08. The van der Waals surface area contributed by atoms with Crippen LogP contribution in [0.3, 0.4) is 0 Å². The number of rotatable bonds is 3. The average Bonchev–Trinajstić information content (AvgIpc) is 3.34. The molecule has 0 N–H and O–H groups in total. The maximum absolute atomic E-state index is 12.7. The Kier molecular flexibility index (Phi) is 4.08. The normalized spacial score (nSPS) is 15.1. The first-order chi connectivity index (χ1) is 12.0. The summed E-state index contributed by atoms with van der Waals surface area (Å²) in [6, 6.07) is 12.1. The Bertz CT molecular complexity index is 1040. The number of aryl methyl sites for hydroxylation is 3. The molecule has 3 aromatic rings. The van der Waals surface area contributed by atoms with Crippen LogP contribution in [0.4, 0.5) is 0 Å². The molecule has 1 aliphatic rings. The van der Waals surface area contributed by atoms with Crippen LogP contribution in [0.1, 0.15) is 39.9 Å². The zero-order valence-electron chi connectivity index (χ0n) is 14.9. The predicted octanol–water partition coefficient (Wildman–Crippen LogP) is 4.78. The summed E-state index contributed by atoms with van der Waals surface area (Å²) < 4.78 is 3.46. The van der Waals surface area contributed by atoms with Crippen molar-refractivity contribution in [1.82, 2.24) is 4.57 Å². The van der Waals surface area contributed by atoms with Crippen LogP contribution in [0, 0.1) is 26.7 Å². The lowest BCUT2D eigenvalue weighted by Crippen LogP contribution is -2.18. The van der Waals surface area contributed by atoms with E-state index in [0.29, 0.717) is 5.56 Å². The fourth-order valence-corrected chi connectivity index (χ4v) is 4.22. The Morgan fingerprint density at radius 3 is 2.56 bits per heavy atom. The number of carbonyl (C=O) groups excluding carboxylic acids is 1. The van der Waals surface area contributed by atoms with Crippen molar-refractivity contribution < 1.29 is 4.79 Å². The smallest absolute Gasteiger partial charge is 0.279 e. The summed E-state index contributed by atoms with van der Waals surface area (Å²) in [5.41, 5.74) is 5.43. The number of nitrogens with zero attached hydrogens (tertiary/aromatic N) is 2. The second kappa shape index (κ2) is 6.26. The van der Waals surface area contributed by atoms with E-state index in [9.17, 15) is 4.79 Å². The van der Waals surface area contributed by atoms with Gasteiger partial charge in [-0.05, 0) is 74.4 Å². The van der Waals surface area contributed by atoms with E-state index in [0.717, 1.165) is 22.8 Å². The molecule has 4 rings (SSSR count). The summed E-state index contributed by atoms with van der Waals surface area (Å²) in [6.45, 7) is 7.19. The molecule has 0 saturated heterocycles. The number of carbonyl (C=O) groups is 1. The molecule has 1 heterocycles. The van der Waals surface area contributed by atoms with Crippen LogP contribution in [0.5, 0.6) is 0 Å². The first-order valence-corrected chi connectivity index (χ1v) is 9.60. The molecule has 0 atom stereocenters. The van der Waals surface area contributed by atoms with E-state index < -0.39 is 0 Å². The zero-order valence-corrected chi connectivity index (χ0v) is 15.7. The van der Waals surface area contributed by atoms with Crippen molar-refractivity contribution in [1.29, 1.82) is 0 Å². The molecule has 1 aliphatic carbocycles. The van der Waals surface area contributed by atoms with Crippen LogP contribution in [0.2, 0.25) is 0 Å². The highest BCUT2D eigenvalue weighted by molar-refractivity contribution is 7.16. The van der Waals surface area contributed by atoms with Gasteiger partial charge in [0.25, 0.3) is 5.91 Å². The van der Waals surface area contributed by atoms with Crippen LogP contribution < -0.4 is 4.80 Å². The number of amides is 1. The predicted molar refractivity (Wildman–Crippen MR) is 103 cm³/mol. The zero-order chi connectivity index (χ0) is 17.6. The highest BCUT2D eigenvalue weighted by Crippen LogP contribution is 2.32.